The summed E-state index contributed by atoms with van der Waals surface area (Å²) >= 11 is 0. The minimum atomic E-state index is -4.55. The second-order valence-electron chi connectivity index (χ2n) is 6.10. The van der Waals surface area contributed by atoms with E-state index in [1.807, 2.05) is 0 Å². The highest BCUT2D eigenvalue weighted by Gasteiger charge is 2.37. The highest BCUT2D eigenvalue weighted by atomic mass is 19.4. The molecule has 1 heterocycles. The Morgan fingerprint density at radius 2 is 1.87 bits per heavy atom. The number of hydrogen-bond acceptors (Lipinski definition) is 3. The predicted molar refractivity (Wildman–Crippen MR) is 77.4 cm³/mol. The first kappa shape index (κ1) is 17.1. The van der Waals surface area contributed by atoms with E-state index < -0.39 is 29.4 Å². The van der Waals surface area contributed by atoms with Crippen molar-refractivity contribution in [3.63, 3.8) is 0 Å². The molecule has 7 heteroatoms. The van der Waals surface area contributed by atoms with Crippen LogP contribution in [-0.4, -0.2) is 15.5 Å². The number of imidazole rings is 1. The maximum absolute atomic E-state index is 13.3. The number of ether oxygens (including phenoxy) is 1. The molecule has 0 aliphatic carbocycles. The maximum Gasteiger partial charge on any atom is 0.416 e. The van der Waals surface area contributed by atoms with Gasteiger partial charge in [-0.2, -0.15) is 13.2 Å². The van der Waals surface area contributed by atoms with Crippen molar-refractivity contribution in [2.75, 3.05) is 0 Å². The molecule has 0 radical (unpaired) electrons. The molecule has 2 rings (SSSR count). The van der Waals surface area contributed by atoms with Crippen LogP contribution >= 0.6 is 0 Å². The molecule has 0 aliphatic rings. The van der Waals surface area contributed by atoms with Crippen LogP contribution in [0.1, 0.15) is 38.1 Å². The molecule has 124 valence electrons. The molecule has 0 aliphatic heterocycles. The fraction of sp³-hybridized carbons (Fsp3) is 0.375. The van der Waals surface area contributed by atoms with Crippen LogP contribution in [0.15, 0.2) is 43.0 Å². The van der Waals surface area contributed by atoms with Gasteiger partial charge in [-0.05, 0) is 26.8 Å². The number of rotatable bonds is 3. The number of aromatic nitrogens is 2. The van der Waals surface area contributed by atoms with Crippen molar-refractivity contribution in [1.82, 2.24) is 9.55 Å². The number of alkyl halides is 3. The van der Waals surface area contributed by atoms with E-state index >= 15 is 0 Å². The molecule has 1 unspecified atom stereocenters. The predicted octanol–water partition coefficient (Wildman–Crippen LogP) is 4.04. The highest BCUT2D eigenvalue weighted by molar-refractivity contribution is 5.75. The molecule has 0 saturated carbocycles. The number of nitrogens with zero attached hydrogens (tertiary/aromatic N) is 2. The van der Waals surface area contributed by atoms with Crippen LogP contribution < -0.4 is 0 Å². The van der Waals surface area contributed by atoms with Crippen molar-refractivity contribution < 1.29 is 22.7 Å². The van der Waals surface area contributed by atoms with E-state index in [0.29, 0.717) is 0 Å². The van der Waals surface area contributed by atoms with Gasteiger partial charge in [0, 0.05) is 18.0 Å². The summed E-state index contributed by atoms with van der Waals surface area (Å²) in [6, 6.07) is 5.02. The van der Waals surface area contributed by atoms with Gasteiger partial charge in [0.15, 0.2) is 0 Å². The lowest BCUT2D eigenvalue weighted by Gasteiger charge is -2.26. The quantitative estimate of drug-likeness (QED) is 0.800. The van der Waals surface area contributed by atoms with Gasteiger partial charge in [0.05, 0.1) is 17.3 Å². The molecule has 0 bridgehead atoms. The van der Waals surface area contributed by atoms with Crippen LogP contribution in [0.3, 0.4) is 0 Å². The second-order valence-corrected chi connectivity index (χ2v) is 6.10. The van der Waals surface area contributed by atoms with E-state index in [0.717, 1.165) is 6.07 Å². The largest absolute Gasteiger partial charge is 0.436 e. The summed E-state index contributed by atoms with van der Waals surface area (Å²) in [6.07, 6.45) is -1.61. The van der Waals surface area contributed by atoms with E-state index in [9.17, 15) is 18.0 Å². The number of esters is 1. The Morgan fingerprint density at radius 1 is 1.22 bits per heavy atom. The van der Waals surface area contributed by atoms with E-state index in [1.54, 1.807) is 20.8 Å². The molecule has 2 aromatic rings. The van der Waals surface area contributed by atoms with Crippen molar-refractivity contribution >= 4 is 5.97 Å². The zero-order valence-corrected chi connectivity index (χ0v) is 13.0. The highest BCUT2D eigenvalue weighted by Crippen LogP contribution is 2.36. The van der Waals surface area contributed by atoms with Crippen molar-refractivity contribution in [2.24, 2.45) is 5.41 Å². The topological polar surface area (TPSA) is 44.1 Å². The number of benzene rings is 1. The smallest absolute Gasteiger partial charge is 0.416 e. The molecule has 1 aromatic carbocycles. The molecule has 0 spiro atoms. The molecule has 1 aromatic heterocycles. The second kappa shape index (κ2) is 6.06. The van der Waals surface area contributed by atoms with Crippen molar-refractivity contribution in [3.8, 4) is 0 Å². The third-order valence-corrected chi connectivity index (χ3v) is 3.16. The maximum atomic E-state index is 13.3. The molecular weight excluding hydrogens is 309 g/mol. The fourth-order valence-electron chi connectivity index (χ4n) is 1.94. The number of carbonyl (C=O) groups is 1. The van der Waals surface area contributed by atoms with Gasteiger partial charge in [-0.25, -0.2) is 4.98 Å². The van der Waals surface area contributed by atoms with Crippen molar-refractivity contribution in [1.29, 1.82) is 0 Å². The average Bonchev–Trinajstić information content (AvgIpc) is 2.96. The van der Waals surface area contributed by atoms with E-state index in [4.69, 9.17) is 4.74 Å². The normalized spacial score (nSPS) is 13.7. The molecule has 0 amide bonds. The third kappa shape index (κ3) is 3.91. The molecule has 4 nitrogen and oxygen atoms in total. The van der Waals surface area contributed by atoms with Gasteiger partial charge >= 0.3 is 12.1 Å². The lowest BCUT2D eigenvalue weighted by Crippen LogP contribution is -2.28. The molecule has 0 N–H and O–H groups in total. The van der Waals surface area contributed by atoms with Crippen LogP contribution in [0.5, 0.6) is 0 Å². The van der Waals surface area contributed by atoms with E-state index in [1.165, 1.54) is 41.5 Å². The van der Waals surface area contributed by atoms with Gasteiger partial charge in [-0.15, -0.1) is 0 Å². The molecule has 0 saturated heterocycles. The van der Waals surface area contributed by atoms with Crippen molar-refractivity contribution in [3.05, 3.63) is 54.1 Å². The Bertz CT molecular complexity index is 673. The summed E-state index contributed by atoms with van der Waals surface area (Å²) in [7, 11) is 0. The lowest BCUT2D eigenvalue weighted by atomic mass is 9.97. The van der Waals surface area contributed by atoms with Crippen LogP contribution in [0.4, 0.5) is 13.2 Å². The Labute approximate surface area is 131 Å². The minimum absolute atomic E-state index is 0.143. The van der Waals surface area contributed by atoms with Gasteiger partial charge in [0.25, 0.3) is 0 Å². The van der Waals surface area contributed by atoms with Crippen LogP contribution in [0.2, 0.25) is 0 Å². The first-order chi connectivity index (χ1) is 10.6. The zero-order valence-electron chi connectivity index (χ0n) is 13.0. The summed E-state index contributed by atoms with van der Waals surface area (Å²) < 4.78 is 46.5. The van der Waals surface area contributed by atoms with Crippen LogP contribution in [-0.2, 0) is 15.7 Å². The first-order valence-corrected chi connectivity index (χ1v) is 6.95. The van der Waals surface area contributed by atoms with E-state index in [-0.39, 0.29) is 5.56 Å². The number of carbonyl (C=O) groups excluding carboxylic acids is 1. The third-order valence-electron chi connectivity index (χ3n) is 3.16. The molecule has 23 heavy (non-hydrogen) atoms. The molecule has 0 fully saturated rings. The summed E-state index contributed by atoms with van der Waals surface area (Å²) in [5.41, 5.74) is -1.83. The standard InChI is InChI=1S/C16H17F3N2O2/c1-15(2,3)14(22)23-13(21-9-8-20-10-21)11-6-4-5-7-12(11)16(17,18)19/h4-10,13H,1-3H3. The minimum Gasteiger partial charge on any atom is -0.436 e. The summed E-state index contributed by atoms with van der Waals surface area (Å²) in [6.45, 7) is 4.90. The monoisotopic (exact) mass is 326 g/mol. The molecule has 1 atom stereocenters. The Morgan fingerprint density at radius 3 is 2.39 bits per heavy atom. The van der Waals surface area contributed by atoms with E-state index in [2.05, 4.69) is 4.98 Å². The van der Waals surface area contributed by atoms with Crippen LogP contribution in [0, 0.1) is 5.41 Å². The van der Waals surface area contributed by atoms with Gasteiger partial charge in [-0.3, -0.25) is 9.36 Å². The summed E-state index contributed by atoms with van der Waals surface area (Å²) in [4.78, 5) is 16.0. The fourth-order valence-corrected chi connectivity index (χ4v) is 1.94. The SMILES string of the molecule is CC(C)(C)C(=O)OC(c1ccccc1C(F)(F)F)n1ccnc1. The van der Waals surface area contributed by atoms with Gasteiger partial charge in [0.1, 0.15) is 0 Å². The van der Waals surface area contributed by atoms with Gasteiger partial charge in [0.2, 0.25) is 6.23 Å². The van der Waals surface area contributed by atoms with Gasteiger partial charge in [-0.1, -0.05) is 18.2 Å². The molecular formula is C16H17F3N2O2. The lowest BCUT2D eigenvalue weighted by molar-refractivity contribution is -0.162. The Hall–Kier alpha value is -2.31. The Balaban J connectivity index is 2.50. The summed E-state index contributed by atoms with van der Waals surface area (Å²) in [5, 5.41) is 0. The van der Waals surface area contributed by atoms with Crippen LogP contribution in [0.25, 0.3) is 0 Å². The first-order valence-electron chi connectivity index (χ1n) is 6.95. The van der Waals surface area contributed by atoms with Crippen molar-refractivity contribution in [2.45, 2.75) is 33.2 Å². The Kier molecular flexibility index (Phi) is 4.49. The zero-order chi connectivity index (χ0) is 17.3. The number of halogens is 3. The summed E-state index contributed by atoms with van der Waals surface area (Å²) in [5.74, 6) is -0.604. The average molecular weight is 326 g/mol. The van der Waals surface area contributed by atoms with Gasteiger partial charge < -0.3 is 4.74 Å². The number of hydrogen-bond donors (Lipinski definition) is 0.